The van der Waals surface area contributed by atoms with Crippen LogP contribution in [0.25, 0.3) is 32.9 Å². The van der Waals surface area contributed by atoms with Crippen molar-refractivity contribution in [2.24, 2.45) is 11.8 Å². The third kappa shape index (κ3) is 27.6. The van der Waals surface area contributed by atoms with E-state index in [0.29, 0.717) is 51.6 Å². The van der Waals surface area contributed by atoms with Crippen molar-refractivity contribution >= 4 is 93.4 Å². The first-order chi connectivity index (χ1) is 59.1. The average molecular weight is 1720 g/mol. The number of carbonyl (C=O) groups is 12. The summed E-state index contributed by atoms with van der Waals surface area (Å²) in [6.07, 6.45) is 1.70. The van der Waals surface area contributed by atoms with E-state index < -0.39 is 143 Å². The van der Waals surface area contributed by atoms with Gasteiger partial charge in [0.05, 0.1) is 28.8 Å². The van der Waals surface area contributed by atoms with E-state index in [1.165, 1.54) is 16.1 Å². The standard InChI is InChI=1S/C95H123N13O17/c1-58(2)80(103-89(118)123-93(7,8)9)86(115)98-73(44-30-32-48-96-87(116)122-92(4,5)6)83(112)101-77(55-66-52-63-39-23-29-47-79(63)108(66)91(120)125-95(13,14)15)85(114)97-72(82(111)100-76(50-60-34-18-16-19-35-60)84(113)99-74(59(3)109)54-65-51-62-38-22-28-46-78(62)107(65)90(119)124-94(10,11)12)45-31-33-49-106-56-64(104-105-106)53-75(81(110)61-36-20-17-21-37-61)102-88(117)121-57-71-69-42-26-24-40-67(69)68-41-25-27-43-70(68)71/h16,18-19,22-29,34-35,38-43,46-47,51-52,56,58,61,71-77,80H,17,20-21,30-33,36-37,44-45,48-50,53-55,57H2,1-15H3,(H,96,116)(H,97,114)(H,98,115)(H,99,113)(H,100,111)(H,101,112)(H,102,117)(H,103,118). The number of aromatic nitrogens is 5. The molecule has 7 unspecified atom stereocenters. The lowest BCUT2D eigenvalue weighted by atomic mass is 9.83. The summed E-state index contributed by atoms with van der Waals surface area (Å²) in [5.41, 5.74) is 2.89. The van der Waals surface area contributed by atoms with Crippen molar-refractivity contribution < 1.29 is 81.2 Å². The highest BCUT2D eigenvalue weighted by Gasteiger charge is 2.39. The number of amides is 8. The summed E-state index contributed by atoms with van der Waals surface area (Å²) in [6, 6.07) is 32.4. The van der Waals surface area contributed by atoms with Gasteiger partial charge in [-0.05, 0) is 199 Å². The number of carbonyl (C=O) groups excluding carboxylic acids is 12. The number of Topliss-reactive ketones (excluding diaryl/α,β-unsaturated/α-hetero) is 2. The van der Waals surface area contributed by atoms with Crippen molar-refractivity contribution in [1.82, 2.24) is 66.7 Å². The van der Waals surface area contributed by atoms with Crippen LogP contribution in [-0.4, -0.2) is 174 Å². The van der Waals surface area contributed by atoms with Crippen LogP contribution in [0.4, 0.5) is 24.0 Å². The number of hydrogen-bond donors (Lipinski definition) is 8. The fraction of sp³-hybridized carbons (Fsp3) is 0.495. The molecule has 8 aromatic rings. The van der Waals surface area contributed by atoms with Crippen molar-refractivity contribution in [1.29, 1.82) is 0 Å². The van der Waals surface area contributed by atoms with Gasteiger partial charge in [0.15, 0.2) is 11.6 Å². The molecule has 5 aromatic carbocycles. The first-order valence-corrected chi connectivity index (χ1v) is 43.4. The molecule has 2 aliphatic rings. The van der Waals surface area contributed by atoms with Crippen molar-refractivity contribution in [3.63, 3.8) is 0 Å². The maximum Gasteiger partial charge on any atom is 0.419 e. The Balaban J connectivity index is 0.973. The smallest absolute Gasteiger partial charge is 0.419 e. The number of para-hydroxylation sites is 2. The predicted molar refractivity (Wildman–Crippen MR) is 472 cm³/mol. The lowest BCUT2D eigenvalue weighted by Crippen LogP contribution is -2.60. The van der Waals surface area contributed by atoms with Gasteiger partial charge >= 0.3 is 30.5 Å². The number of benzene rings is 5. The molecule has 125 heavy (non-hydrogen) atoms. The topological polar surface area (TPSA) is 388 Å². The fourth-order valence-corrected chi connectivity index (χ4v) is 15.6. The van der Waals surface area contributed by atoms with Crippen LogP contribution >= 0.6 is 0 Å². The maximum absolute atomic E-state index is 16.1. The Morgan fingerprint density at radius 1 is 0.448 bits per heavy atom. The predicted octanol–water partition coefficient (Wildman–Crippen LogP) is 13.5. The van der Waals surface area contributed by atoms with E-state index in [-0.39, 0.29) is 101 Å². The Hall–Kier alpha value is -12.2. The summed E-state index contributed by atoms with van der Waals surface area (Å²) in [5.74, 6) is -6.05. The molecule has 30 nitrogen and oxygen atoms in total. The molecule has 2 aliphatic carbocycles. The second-order valence-electron chi connectivity index (χ2n) is 36.8. The Bertz CT molecular complexity index is 5110. The minimum atomic E-state index is -1.71. The lowest BCUT2D eigenvalue weighted by molar-refractivity contribution is -0.135. The fourth-order valence-electron chi connectivity index (χ4n) is 15.6. The molecule has 30 heteroatoms. The van der Waals surface area contributed by atoms with Crippen molar-refractivity contribution in [3.05, 3.63) is 179 Å². The molecule has 0 radical (unpaired) electrons. The zero-order chi connectivity index (χ0) is 90.7. The molecule has 0 bridgehead atoms. The molecule has 8 N–H and O–H groups in total. The van der Waals surface area contributed by atoms with E-state index in [9.17, 15) is 38.4 Å². The molecular weight excluding hydrogens is 1600 g/mol. The number of nitrogens with one attached hydrogen (secondary N) is 8. The summed E-state index contributed by atoms with van der Waals surface area (Å²) in [6.45, 7) is 25.3. The van der Waals surface area contributed by atoms with Crippen LogP contribution in [0.3, 0.4) is 0 Å². The number of rotatable bonds is 36. The van der Waals surface area contributed by atoms with Gasteiger partial charge in [-0.15, -0.1) is 5.10 Å². The van der Waals surface area contributed by atoms with Gasteiger partial charge in [0.25, 0.3) is 0 Å². The third-order valence-corrected chi connectivity index (χ3v) is 21.5. The van der Waals surface area contributed by atoms with Crippen molar-refractivity contribution in [2.75, 3.05) is 13.2 Å². The van der Waals surface area contributed by atoms with Crippen LogP contribution in [0.5, 0.6) is 0 Å². The van der Waals surface area contributed by atoms with Crippen LogP contribution in [0.2, 0.25) is 0 Å². The van der Waals surface area contributed by atoms with Crippen LogP contribution in [-0.2, 0) is 89.5 Å². The normalized spacial score (nSPS) is 14.8. The first-order valence-electron chi connectivity index (χ1n) is 43.4. The van der Waals surface area contributed by atoms with E-state index in [0.717, 1.165) is 41.5 Å². The number of ketones is 2. The van der Waals surface area contributed by atoms with E-state index in [2.05, 4.69) is 52.8 Å². The average Bonchev–Trinajstić information content (AvgIpc) is 1.63. The molecule has 670 valence electrons. The summed E-state index contributed by atoms with van der Waals surface area (Å²) in [7, 11) is 0. The quantitative estimate of drug-likeness (QED) is 0.0134. The number of aryl methyl sites for hydroxylation is 1. The molecule has 10 rings (SSSR count). The summed E-state index contributed by atoms with van der Waals surface area (Å²) in [5, 5.41) is 32.8. The lowest BCUT2D eigenvalue weighted by Gasteiger charge is -2.29. The Kier molecular flexibility index (Phi) is 32.2. The van der Waals surface area contributed by atoms with Gasteiger partial charge in [-0.1, -0.05) is 154 Å². The van der Waals surface area contributed by atoms with Gasteiger partial charge in [0, 0.05) is 79.0 Å². The second kappa shape index (κ2) is 42.4. The molecule has 3 aromatic heterocycles. The molecular formula is C95H123N13O17. The largest absolute Gasteiger partial charge is 0.449 e. The van der Waals surface area contributed by atoms with Gasteiger partial charge in [-0.2, -0.15) is 0 Å². The minimum Gasteiger partial charge on any atom is -0.449 e. The molecule has 0 spiro atoms. The SMILES string of the molecule is CC(=O)C(Cc1cc2ccccc2n1C(=O)OC(C)(C)C)NC(=O)C(Cc1ccccc1)NC(=O)C(CCCCn1cc(CC(NC(=O)OCC2c3ccccc3-c3ccccc32)C(=O)C2CCCCC2)nn1)NC(=O)C(Cc1cc2ccccc2n1C(=O)OC(C)(C)C)NC(=O)C(CCCCNC(=O)OC(C)(C)C)NC(=O)C(NC(=O)OC(C)(C)C)C(C)C. The van der Waals surface area contributed by atoms with Gasteiger partial charge in [-0.25, -0.2) is 33.1 Å². The zero-order valence-electron chi connectivity index (χ0n) is 74.5. The Labute approximate surface area is 730 Å². The monoisotopic (exact) mass is 1720 g/mol. The highest BCUT2D eigenvalue weighted by atomic mass is 16.6. The molecule has 1 saturated carbocycles. The molecule has 1 fully saturated rings. The highest BCUT2D eigenvalue weighted by molar-refractivity contribution is 5.99. The van der Waals surface area contributed by atoms with Crippen molar-refractivity contribution in [3.8, 4) is 11.1 Å². The van der Waals surface area contributed by atoms with Gasteiger partial charge < -0.3 is 66.2 Å². The molecule has 0 saturated heterocycles. The van der Waals surface area contributed by atoms with Gasteiger partial charge in [0.1, 0.15) is 59.2 Å². The van der Waals surface area contributed by atoms with Crippen molar-refractivity contribution in [2.45, 2.75) is 277 Å². The zero-order valence-corrected chi connectivity index (χ0v) is 74.5. The van der Waals surface area contributed by atoms with Crippen LogP contribution in [0.15, 0.2) is 146 Å². The van der Waals surface area contributed by atoms with E-state index >= 15 is 19.2 Å². The number of alkyl carbamates (subject to hydrolysis) is 3. The van der Waals surface area contributed by atoms with E-state index in [4.69, 9.17) is 23.7 Å². The van der Waals surface area contributed by atoms with Crippen LogP contribution < -0.4 is 42.5 Å². The number of ether oxygens (including phenoxy) is 5. The third-order valence-electron chi connectivity index (χ3n) is 21.5. The molecule has 3 heterocycles. The van der Waals surface area contributed by atoms with E-state index in [1.807, 2.05) is 48.5 Å². The van der Waals surface area contributed by atoms with E-state index in [1.54, 1.807) is 199 Å². The minimum absolute atomic E-state index is 0.00417. The number of nitrogens with zero attached hydrogens (tertiary/aromatic N) is 5. The van der Waals surface area contributed by atoms with Crippen LogP contribution in [0, 0.1) is 11.8 Å². The van der Waals surface area contributed by atoms with Gasteiger partial charge in [-0.3, -0.25) is 38.2 Å². The highest BCUT2D eigenvalue weighted by Crippen LogP contribution is 2.45. The number of fused-ring (bicyclic) bond motifs is 5. The Morgan fingerprint density at radius 2 is 0.904 bits per heavy atom. The molecule has 7 atom stereocenters. The summed E-state index contributed by atoms with van der Waals surface area (Å²) >= 11 is 0. The maximum atomic E-state index is 16.1. The van der Waals surface area contributed by atoms with Gasteiger partial charge in [0.2, 0.25) is 29.5 Å². The van der Waals surface area contributed by atoms with Crippen LogP contribution in [0.1, 0.15) is 214 Å². The summed E-state index contributed by atoms with van der Waals surface area (Å²) in [4.78, 5) is 175. The number of unbranched alkanes of at least 4 members (excludes halogenated alkanes) is 2. The number of hydrogen-bond acceptors (Lipinski definition) is 19. The first kappa shape index (κ1) is 95.0. The molecule has 0 aliphatic heterocycles. The summed E-state index contributed by atoms with van der Waals surface area (Å²) < 4.78 is 33.0. The molecule has 8 amide bonds. The second-order valence-corrected chi connectivity index (χ2v) is 36.8. The Morgan fingerprint density at radius 3 is 1.43 bits per heavy atom.